The Morgan fingerprint density at radius 2 is 2.00 bits per heavy atom. The van der Waals surface area contributed by atoms with Gasteiger partial charge < -0.3 is 10.5 Å². The van der Waals surface area contributed by atoms with Crippen LogP contribution < -0.4 is 5.73 Å². The van der Waals surface area contributed by atoms with E-state index in [-0.39, 0.29) is 28.9 Å². The smallest absolute Gasteiger partial charge is 0.307 e. The van der Waals surface area contributed by atoms with Gasteiger partial charge in [-0.05, 0) is 81.0 Å². The number of fused-ring (bicyclic) bond motifs is 5. The molecule has 0 aliphatic heterocycles. The SMILES string of the molecule is C=C1C[C@@H]2[C@H](CC[C@]3(C)C(=O)CC[C@@H]23)[C@@]2(C)CC[C@H](OC(=O)CC(C)N)CC12. The number of ketones is 1. The summed E-state index contributed by atoms with van der Waals surface area (Å²) >= 11 is 0. The second kappa shape index (κ2) is 6.97. The Balaban J connectivity index is 1.51. The quantitative estimate of drug-likeness (QED) is 0.575. The fraction of sp³-hybridized carbons (Fsp3) is 0.833. The van der Waals surface area contributed by atoms with Crippen molar-refractivity contribution >= 4 is 11.8 Å². The summed E-state index contributed by atoms with van der Waals surface area (Å²) in [6.45, 7) is 11.0. The highest BCUT2D eigenvalue weighted by Gasteiger charge is 2.61. The molecule has 4 nitrogen and oxygen atoms in total. The Labute approximate surface area is 169 Å². The van der Waals surface area contributed by atoms with Gasteiger partial charge in [-0.15, -0.1) is 0 Å². The van der Waals surface area contributed by atoms with E-state index in [1.165, 1.54) is 12.0 Å². The minimum absolute atomic E-state index is 0.000426. The summed E-state index contributed by atoms with van der Waals surface area (Å²) in [4.78, 5) is 24.7. The van der Waals surface area contributed by atoms with Crippen molar-refractivity contribution in [2.24, 2.45) is 40.2 Å². The normalized spacial score (nSPS) is 46.4. The first-order valence-electron chi connectivity index (χ1n) is 11.3. The van der Waals surface area contributed by atoms with Crippen LogP contribution in [0.15, 0.2) is 12.2 Å². The van der Waals surface area contributed by atoms with Gasteiger partial charge in [-0.3, -0.25) is 9.59 Å². The zero-order valence-electron chi connectivity index (χ0n) is 17.8. The second-order valence-corrected chi connectivity index (χ2v) is 10.8. The molecule has 4 aliphatic rings. The van der Waals surface area contributed by atoms with Crippen LogP contribution in [-0.2, 0) is 14.3 Å². The van der Waals surface area contributed by atoms with E-state index in [4.69, 9.17) is 10.5 Å². The van der Waals surface area contributed by atoms with E-state index in [0.29, 0.717) is 35.9 Å². The molecule has 2 unspecified atom stereocenters. The standard InChI is InChI=1S/C24H37NO3/c1-14-11-17-18-5-6-21(26)24(18,4)10-8-19(17)23(3)9-7-16(13-20(14)23)28-22(27)12-15(2)25/h15-20H,1,5-13,25H2,2-4H3/t15?,16-,17-,18-,19-,20?,23+,24-/m0/s1. The summed E-state index contributed by atoms with van der Waals surface area (Å²) in [6.07, 6.45) is 8.34. The summed E-state index contributed by atoms with van der Waals surface area (Å²) in [7, 11) is 0. The zero-order valence-corrected chi connectivity index (χ0v) is 17.8. The first-order valence-corrected chi connectivity index (χ1v) is 11.3. The molecule has 28 heavy (non-hydrogen) atoms. The van der Waals surface area contributed by atoms with Gasteiger partial charge in [-0.25, -0.2) is 0 Å². The first kappa shape index (κ1) is 20.1. The van der Waals surface area contributed by atoms with Crippen LogP contribution >= 0.6 is 0 Å². The molecule has 0 radical (unpaired) electrons. The number of carbonyl (C=O) groups excluding carboxylic acids is 2. The van der Waals surface area contributed by atoms with Crippen LogP contribution in [0.25, 0.3) is 0 Å². The summed E-state index contributed by atoms with van der Waals surface area (Å²) in [5.74, 6) is 2.58. The molecule has 8 atom stereocenters. The number of hydrogen-bond acceptors (Lipinski definition) is 4. The Morgan fingerprint density at radius 3 is 2.71 bits per heavy atom. The average molecular weight is 388 g/mol. The Bertz CT molecular complexity index is 685. The number of allylic oxidation sites excluding steroid dienone is 1. The van der Waals surface area contributed by atoms with Gasteiger partial charge in [-0.1, -0.05) is 26.0 Å². The first-order chi connectivity index (χ1) is 13.1. The van der Waals surface area contributed by atoms with E-state index in [9.17, 15) is 9.59 Å². The molecule has 4 heteroatoms. The molecule has 0 aromatic heterocycles. The van der Waals surface area contributed by atoms with Crippen LogP contribution in [0.5, 0.6) is 0 Å². The lowest BCUT2D eigenvalue weighted by molar-refractivity contribution is -0.158. The molecule has 0 amide bonds. The molecule has 4 fully saturated rings. The van der Waals surface area contributed by atoms with Gasteiger partial charge >= 0.3 is 5.97 Å². The monoisotopic (exact) mass is 387 g/mol. The van der Waals surface area contributed by atoms with Crippen LogP contribution in [0, 0.1) is 34.5 Å². The number of Topliss-reactive ketones (excluding diaryl/α,β-unsaturated/α-hetero) is 1. The van der Waals surface area contributed by atoms with Crippen molar-refractivity contribution in [1.29, 1.82) is 0 Å². The Hall–Kier alpha value is -1.16. The van der Waals surface area contributed by atoms with Crippen LogP contribution in [0.4, 0.5) is 0 Å². The molecule has 2 N–H and O–H groups in total. The molecule has 0 spiro atoms. The molecule has 4 aliphatic carbocycles. The van der Waals surface area contributed by atoms with Crippen LogP contribution in [0.1, 0.15) is 78.6 Å². The van der Waals surface area contributed by atoms with E-state index in [1.807, 2.05) is 6.92 Å². The molecule has 0 heterocycles. The topological polar surface area (TPSA) is 69.4 Å². The predicted molar refractivity (Wildman–Crippen MR) is 109 cm³/mol. The maximum absolute atomic E-state index is 12.6. The van der Waals surface area contributed by atoms with Crippen LogP contribution in [-0.4, -0.2) is 23.9 Å². The van der Waals surface area contributed by atoms with Gasteiger partial charge in [0.2, 0.25) is 0 Å². The van der Waals surface area contributed by atoms with Gasteiger partial charge in [0.1, 0.15) is 11.9 Å². The highest BCUT2D eigenvalue weighted by atomic mass is 16.5. The van der Waals surface area contributed by atoms with E-state index in [2.05, 4.69) is 20.4 Å². The van der Waals surface area contributed by atoms with Gasteiger partial charge in [0.05, 0.1) is 6.42 Å². The van der Waals surface area contributed by atoms with Crippen molar-refractivity contribution in [3.8, 4) is 0 Å². The lowest BCUT2D eigenvalue weighted by Crippen LogP contribution is -2.54. The van der Waals surface area contributed by atoms with Gasteiger partial charge in [-0.2, -0.15) is 0 Å². The third kappa shape index (κ3) is 3.07. The number of esters is 1. The molecule has 156 valence electrons. The number of nitrogens with two attached hydrogens (primary N) is 1. The predicted octanol–water partition coefficient (Wildman–Crippen LogP) is 4.41. The van der Waals surface area contributed by atoms with Crippen molar-refractivity contribution in [1.82, 2.24) is 0 Å². The molecule has 0 saturated heterocycles. The fourth-order valence-corrected chi connectivity index (χ4v) is 7.58. The molecular weight excluding hydrogens is 350 g/mol. The maximum atomic E-state index is 12.6. The van der Waals surface area contributed by atoms with Crippen molar-refractivity contribution in [3.63, 3.8) is 0 Å². The summed E-state index contributed by atoms with van der Waals surface area (Å²) < 4.78 is 5.78. The zero-order chi connectivity index (χ0) is 20.3. The molecule has 0 aromatic rings. The van der Waals surface area contributed by atoms with Crippen molar-refractivity contribution in [2.75, 3.05) is 0 Å². The van der Waals surface area contributed by atoms with E-state index in [1.54, 1.807) is 0 Å². The molecule has 4 rings (SSSR count). The number of ether oxygens (including phenoxy) is 1. The lowest BCUT2D eigenvalue weighted by Gasteiger charge is -2.60. The summed E-state index contributed by atoms with van der Waals surface area (Å²) in [5, 5.41) is 0. The fourth-order valence-electron chi connectivity index (χ4n) is 7.58. The van der Waals surface area contributed by atoms with Crippen LogP contribution in [0.3, 0.4) is 0 Å². The molecule has 0 aromatic carbocycles. The van der Waals surface area contributed by atoms with Gasteiger partial charge in [0.15, 0.2) is 0 Å². The average Bonchev–Trinajstić information content (AvgIpc) is 2.91. The Kier molecular flexibility index (Phi) is 5.01. The second-order valence-electron chi connectivity index (χ2n) is 10.8. The van der Waals surface area contributed by atoms with E-state index >= 15 is 0 Å². The van der Waals surface area contributed by atoms with E-state index < -0.39 is 0 Å². The minimum Gasteiger partial charge on any atom is -0.462 e. The maximum Gasteiger partial charge on any atom is 0.307 e. The number of carbonyl (C=O) groups is 2. The van der Waals surface area contributed by atoms with Crippen molar-refractivity contribution < 1.29 is 14.3 Å². The lowest BCUT2D eigenvalue weighted by atomic mass is 9.44. The van der Waals surface area contributed by atoms with Gasteiger partial charge in [0, 0.05) is 17.9 Å². The summed E-state index contributed by atoms with van der Waals surface area (Å²) in [6, 6.07) is -0.155. The van der Waals surface area contributed by atoms with Crippen molar-refractivity contribution in [3.05, 3.63) is 12.2 Å². The number of rotatable bonds is 3. The molecular formula is C24H37NO3. The summed E-state index contributed by atoms with van der Waals surface area (Å²) in [5.41, 5.74) is 7.22. The Morgan fingerprint density at radius 1 is 1.25 bits per heavy atom. The number of hydrogen-bond donors (Lipinski definition) is 1. The molecule has 4 saturated carbocycles. The molecule has 0 bridgehead atoms. The van der Waals surface area contributed by atoms with Crippen molar-refractivity contribution in [2.45, 2.75) is 90.7 Å². The highest BCUT2D eigenvalue weighted by molar-refractivity contribution is 5.87. The third-order valence-electron chi connectivity index (χ3n) is 9.07. The third-order valence-corrected chi connectivity index (χ3v) is 9.07. The van der Waals surface area contributed by atoms with Gasteiger partial charge in [0.25, 0.3) is 0 Å². The highest BCUT2D eigenvalue weighted by Crippen LogP contribution is 2.66. The van der Waals surface area contributed by atoms with E-state index in [0.717, 1.165) is 44.9 Å². The minimum atomic E-state index is -0.166. The van der Waals surface area contributed by atoms with Crippen LogP contribution in [0.2, 0.25) is 0 Å². The largest absolute Gasteiger partial charge is 0.462 e.